The van der Waals surface area contributed by atoms with Gasteiger partial charge in [0.2, 0.25) is 11.9 Å². The van der Waals surface area contributed by atoms with Gasteiger partial charge in [0.1, 0.15) is 35.6 Å². The van der Waals surface area contributed by atoms with Gasteiger partial charge in [-0.2, -0.15) is 4.98 Å². The standard InChI is InChI=1S/C45H53N7O8SSi/c1-28(2)39(53)49-42-48-38-35(40(54)50-42)47-27-52(38)41-37(59-43(61)51-24-23-46-26-51)36(60-62(8,9)44(3,4)5)34(58-41)25-57-45(29-13-11-10-12-14-29,30-15-19-32(55-6)20-16-30)31-17-21-33(56-7)22-18-31/h10-24,26-28,34,36-37,41H,25H2,1-9H3,(H2,48,49,50,53,54)/t34-,36-,37-,41-/m1/s1. The second-order valence-corrected chi connectivity index (χ2v) is 22.0. The molecule has 3 aromatic carbocycles. The SMILES string of the molecule is COc1ccc(C(OC[C@H]2O[C@@H](n3cnc4c(=O)[nH]c(NC(=O)C(C)C)nc43)[C@H](OC(=S)n3ccnc3)[C@@H]2O[Si](C)(C)C(C)(C)C)(c2ccccc2)c2ccc(OC)cc2)cc1. The average Bonchev–Trinajstić information content (AvgIpc) is 4.02. The number of methoxy groups -OCH3 is 2. The molecule has 0 spiro atoms. The van der Waals surface area contributed by atoms with E-state index in [1.807, 2.05) is 78.9 Å². The summed E-state index contributed by atoms with van der Waals surface area (Å²) in [7, 11) is 0.636. The van der Waals surface area contributed by atoms with E-state index in [0.29, 0.717) is 11.5 Å². The highest BCUT2D eigenvalue weighted by molar-refractivity contribution is 7.80. The van der Waals surface area contributed by atoms with Gasteiger partial charge in [-0.05, 0) is 71.3 Å². The number of aromatic nitrogens is 6. The second kappa shape index (κ2) is 17.9. The van der Waals surface area contributed by atoms with E-state index in [9.17, 15) is 9.59 Å². The summed E-state index contributed by atoms with van der Waals surface area (Å²) in [6.45, 7) is 14.3. The summed E-state index contributed by atoms with van der Waals surface area (Å²) >= 11 is 5.87. The lowest BCUT2D eigenvalue weighted by Gasteiger charge is -2.41. The lowest BCUT2D eigenvalue weighted by Crippen LogP contribution is -2.51. The number of benzene rings is 3. The predicted molar refractivity (Wildman–Crippen MR) is 241 cm³/mol. The maximum Gasteiger partial charge on any atom is 0.280 e. The Labute approximate surface area is 366 Å². The average molecular weight is 880 g/mol. The molecule has 7 rings (SSSR count). The summed E-state index contributed by atoms with van der Waals surface area (Å²) in [6, 6.07) is 25.6. The number of anilines is 1. The molecular weight excluding hydrogens is 827 g/mol. The molecule has 0 bridgehead atoms. The Morgan fingerprint density at radius 2 is 1.53 bits per heavy atom. The van der Waals surface area contributed by atoms with Gasteiger partial charge >= 0.3 is 0 Å². The first-order valence-electron chi connectivity index (χ1n) is 20.3. The fourth-order valence-electron chi connectivity index (χ4n) is 7.11. The van der Waals surface area contributed by atoms with E-state index in [0.717, 1.165) is 16.7 Å². The van der Waals surface area contributed by atoms with Gasteiger partial charge in [0, 0.05) is 18.3 Å². The van der Waals surface area contributed by atoms with E-state index >= 15 is 0 Å². The van der Waals surface area contributed by atoms with Crippen LogP contribution in [0.1, 0.15) is 57.5 Å². The second-order valence-electron chi connectivity index (χ2n) is 16.9. The third-order valence-corrected chi connectivity index (χ3v) is 16.4. The number of ether oxygens (including phenoxy) is 5. The van der Waals surface area contributed by atoms with Crippen molar-refractivity contribution in [2.45, 2.75) is 82.9 Å². The van der Waals surface area contributed by atoms with Gasteiger partial charge in [0.25, 0.3) is 10.7 Å². The van der Waals surface area contributed by atoms with Gasteiger partial charge in [0.05, 0.1) is 27.2 Å². The molecule has 0 radical (unpaired) electrons. The van der Waals surface area contributed by atoms with Crippen LogP contribution in [0.2, 0.25) is 18.1 Å². The number of nitrogens with zero attached hydrogens (tertiary/aromatic N) is 5. The van der Waals surface area contributed by atoms with E-state index in [2.05, 4.69) is 59.1 Å². The maximum atomic E-state index is 13.4. The molecule has 17 heteroatoms. The van der Waals surface area contributed by atoms with Gasteiger partial charge in [0.15, 0.2) is 31.8 Å². The first kappa shape index (κ1) is 44.3. The lowest BCUT2D eigenvalue weighted by molar-refractivity contribution is -0.118. The van der Waals surface area contributed by atoms with Crippen LogP contribution >= 0.6 is 12.2 Å². The number of carbonyl (C=O) groups excluding carboxylic acids is 1. The molecular formula is C45H53N7O8SSi. The molecule has 1 amide bonds. The number of carbonyl (C=O) groups is 1. The number of hydrogen-bond donors (Lipinski definition) is 2. The molecule has 2 N–H and O–H groups in total. The zero-order valence-electron chi connectivity index (χ0n) is 36.3. The molecule has 6 aromatic rings. The zero-order chi connectivity index (χ0) is 44.4. The van der Waals surface area contributed by atoms with Gasteiger partial charge < -0.3 is 28.1 Å². The number of aromatic amines is 1. The molecule has 4 heterocycles. The molecule has 0 unspecified atom stereocenters. The number of H-pyrrole nitrogens is 1. The highest BCUT2D eigenvalue weighted by Crippen LogP contribution is 2.46. The van der Waals surface area contributed by atoms with Crippen molar-refractivity contribution in [1.29, 1.82) is 0 Å². The number of amides is 1. The molecule has 62 heavy (non-hydrogen) atoms. The van der Waals surface area contributed by atoms with Crippen molar-refractivity contribution in [2.75, 3.05) is 26.1 Å². The fourth-order valence-corrected chi connectivity index (χ4v) is 8.65. The molecule has 1 fully saturated rings. The quantitative estimate of drug-likeness (QED) is 0.0632. The highest BCUT2D eigenvalue weighted by atomic mass is 32.1. The van der Waals surface area contributed by atoms with E-state index in [-0.39, 0.29) is 45.8 Å². The molecule has 4 atom stereocenters. The summed E-state index contributed by atoms with van der Waals surface area (Å²) in [5.41, 5.74) is 0.989. The third-order valence-electron chi connectivity index (χ3n) is 11.6. The zero-order valence-corrected chi connectivity index (χ0v) is 38.1. The summed E-state index contributed by atoms with van der Waals surface area (Å²) in [4.78, 5) is 42.1. The Bertz CT molecular complexity index is 2490. The van der Waals surface area contributed by atoms with Crippen molar-refractivity contribution >= 4 is 48.7 Å². The van der Waals surface area contributed by atoms with Crippen molar-refractivity contribution in [3.05, 3.63) is 131 Å². The normalized spacial score (nSPS) is 18.2. The summed E-state index contributed by atoms with van der Waals surface area (Å²) in [5, 5.41) is 2.57. The number of nitrogens with one attached hydrogen (secondary N) is 2. The van der Waals surface area contributed by atoms with E-state index < -0.39 is 44.0 Å². The van der Waals surface area contributed by atoms with E-state index in [4.69, 9.17) is 40.3 Å². The molecule has 1 aliphatic rings. The Morgan fingerprint density at radius 1 is 0.919 bits per heavy atom. The minimum Gasteiger partial charge on any atom is -0.497 e. The van der Waals surface area contributed by atoms with Crippen LogP contribution in [0, 0.1) is 5.92 Å². The number of hydrogen-bond acceptors (Lipinski definition) is 12. The van der Waals surface area contributed by atoms with Gasteiger partial charge in [-0.1, -0.05) is 89.2 Å². The van der Waals surface area contributed by atoms with Crippen molar-refractivity contribution in [2.24, 2.45) is 5.92 Å². The number of thiocarbonyl (C=S) groups is 1. The Hall–Kier alpha value is -5.72. The van der Waals surface area contributed by atoms with Crippen LogP contribution in [0.3, 0.4) is 0 Å². The largest absolute Gasteiger partial charge is 0.497 e. The minimum atomic E-state index is -2.62. The van der Waals surface area contributed by atoms with Gasteiger partial charge in [-0.25, -0.2) is 9.97 Å². The van der Waals surface area contributed by atoms with E-state index in [1.54, 1.807) is 55.9 Å². The third kappa shape index (κ3) is 8.80. The van der Waals surface area contributed by atoms with Crippen molar-refractivity contribution in [3.8, 4) is 11.5 Å². The molecule has 326 valence electrons. The maximum absolute atomic E-state index is 13.4. The van der Waals surface area contributed by atoms with Crippen LogP contribution in [0.5, 0.6) is 11.5 Å². The topological polar surface area (TPSA) is 166 Å². The lowest BCUT2D eigenvalue weighted by atomic mass is 9.80. The number of fused-ring (bicyclic) bond motifs is 1. The van der Waals surface area contributed by atoms with Crippen LogP contribution in [0.4, 0.5) is 5.95 Å². The smallest absolute Gasteiger partial charge is 0.280 e. The van der Waals surface area contributed by atoms with Crippen LogP contribution < -0.4 is 20.3 Å². The summed E-state index contributed by atoms with van der Waals surface area (Å²) in [6.07, 6.45) is 2.77. The van der Waals surface area contributed by atoms with E-state index in [1.165, 1.54) is 6.33 Å². The van der Waals surface area contributed by atoms with Gasteiger partial charge in [-0.15, -0.1) is 0 Å². The van der Waals surface area contributed by atoms with Crippen molar-refractivity contribution in [3.63, 3.8) is 0 Å². The highest BCUT2D eigenvalue weighted by Gasteiger charge is 2.54. The molecule has 1 saturated heterocycles. The minimum absolute atomic E-state index is 0.0171. The Morgan fingerprint density at radius 3 is 2.08 bits per heavy atom. The van der Waals surface area contributed by atoms with Crippen molar-refractivity contribution < 1.29 is 32.9 Å². The Kier molecular flexibility index (Phi) is 12.8. The first-order chi connectivity index (χ1) is 29.6. The van der Waals surface area contributed by atoms with Crippen LogP contribution in [-0.4, -0.2) is 87.6 Å². The molecule has 0 saturated carbocycles. The van der Waals surface area contributed by atoms with Gasteiger partial charge in [-0.3, -0.25) is 29.0 Å². The van der Waals surface area contributed by atoms with Crippen LogP contribution in [-0.2, 0) is 29.0 Å². The number of rotatable bonds is 14. The molecule has 1 aliphatic heterocycles. The molecule has 3 aromatic heterocycles. The Balaban J connectivity index is 1.39. The molecule has 0 aliphatic carbocycles. The number of imidazole rings is 2. The monoisotopic (exact) mass is 879 g/mol. The predicted octanol–water partition coefficient (Wildman–Crippen LogP) is 7.44. The summed E-state index contributed by atoms with van der Waals surface area (Å²) in [5.74, 6) is 0.659. The van der Waals surface area contributed by atoms with Crippen LogP contribution in [0.15, 0.2) is 109 Å². The molecule has 15 nitrogen and oxygen atoms in total. The van der Waals surface area contributed by atoms with Crippen LogP contribution in [0.25, 0.3) is 11.2 Å². The summed E-state index contributed by atoms with van der Waals surface area (Å²) < 4.78 is 42.9. The van der Waals surface area contributed by atoms with Crippen molar-refractivity contribution in [1.82, 2.24) is 29.1 Å². The fraction of sp³-hybridized carbons (Fsp3) is 0.378. The first-order valence-corrected chi connectivity index (χ1v) is 23.7.